The molecule has 0 aromatic heterocycles. The van der Waals surface area contributed by atoms with E-state index in [1.165, 1.54) is 6.07 Å². The highest BCUT2D eigenvalue weighted by atomic mass is 19.2. The highest BCUT2D eigenvalue weighted by Gasteiger charge is 2.18. The zero-order chi connectivity index (χ0) is 10.7. The Balaban J connectivity index is 3.11. The SMILES string of the molecule is CCCCc1c(F)c(F)[c]c(F)c1F. The van der Waals surface area contributed by atoms with Crippen LogP contribution >= 0.6 is 0 Å². The fourth-order valence-corrected chi connectivity index (χ4v) is 1.14. The average molecular weight is 205 g/mol. The van der Waals surface area contributed by atoms with Gasteiger partial charge in [-0.05, 0) is 12.8 Å². The first-order chi connectivity index (χ1) is 6.57. The van der Waals surface area contributed by atoms with Gasteiger partial charge in [0, 0.05) is 5.56 Å². The topological polar surface area (TPSA) is 0 Å². The maximum atomic E-state index is 13.0. The normalized spacial score (nSPS) is 10.6. The van der Waals surface area contributed by atoms with Crippen molar-refractivity contribution in [1.82, 2.24) is 0 Å². The molecule has 0 saturated heterocycles. The molecule has 0 heterocycles. The zero-order valence-electron chi connectivity index (χ0n) is 7.63. The Morgan fingerprint density at radius 3 is 1.93 bits per heavy atom. The van der Waals surface area contributed by atoms with Gasteiger partial charge in [-0.3, -0.25) is 0 Å². The number of benzene rings is 1. The molecular formula is C10H9F4. The van der Waals surface area contributed by atoms with E-state index in [0.717, 1.165) is 0 Å². The van der Waals surface area contributed by atoms with Crippen molar-refractivity contribution in [2.45, 2.75) is 26.2 Å². The fourth-order valence-electron chi connectivity index (χ4n) is 1.14. The Hall–Kier alpha value is -1.06. The molecule has 0 bridgehead atoms. The van der Waals surface area contributed by atoms with Crippen LogP contribution in [0.4, 0.5) is 17.6 Å². The van der Waals surface area contributed by atoms with E-state index in [2.05, 4.69) is 0 Å². The van der Waals surface area contributed by atoms with Crippen LogP contribution in [0.15, 0.2) is 0 Å². The summed E-state index contributed by atoms with van der Waals surface area (Å²) >= 11 is 0. The van der Waals surface area contributed by atoms with Gasteiger partial charge in [0.15, 0.2) is 23.3 Å². The summed E-state index contributed by atoms with van der Waals surface area (Å²) in [7, 11) is 0. The first kappa shape index (κ1) is 11.0. The molecule has 0 spiro atoms. The van der Waals surface area contributed by atoms with Crippen molar-refractivity contribution >= 4 is 0 Å². The van der Waals surface area contributed by atoms with Gasteiger partial charge in [0.2, 0.25) is 0 Å². The number of unbranched alkanes of at least 4 members (excludes halogenated alkanes) is 1. The molecule has 1 radical (unpaired) electrons. The molecule has 0 aliphatic carbocycles. The molecule has 1 rings (SSSR count). The molecule has 0 saturated carbocycles. The van der Waals surface area contributed by atoms with Crippen molar-refractivity contribution < 1.29 is 17.6 Å². The molecule has 0 N–H and O–H groups in total. The quantitative estimate of drug-likeness (QED) is 0.524. The molecule has 1 aromatic carbocycles. The van der Waals surface area contributed by atoms with Gasteiger partial charge in [-0.25, -0.2) is 17.6 Å². The molecule has 0 aliphatic heterocycles. The van der Waals surface area contributed by atoms with E-state index in [9.17, 15) is 17.6 Å². The van der Waals surface area contributed by atoms with Crippen LogP contribution in [0, 0.1) is 29.3 Å². The molecule has 0 aliphatic rings. The summed E-state index contributed by atoms with van der Waals surface area (Å²) < 4.78 is 51.1. The molecule has 0 unspecified atom stereocenters. The second-order valence-corrected chi connectivity index (χ2v) is 2.96. The third kappa shape index (κ3) is 2.05. The maximum absolute atomic E-state index is 13.0. The van der Waals surface area contributed by atoms with Gasteiger partial charge < -0.3 is 0 Å². The standard InChI is InChI=1S/C10H9F4/c1-2-3-4-6-9(13)7(11)5-8(12)10(6)14/h2-4H2,1H3. The lowest BCUT2D eigenvalue weighted by Crippen LogP contribution is -2.02. The van der Waals surface area contributed by atoms with Crippen LogP contribution < -0.4 is 0 Å². The summed E-state index contributed by atoms with van der Waals surface area (Å²) in [6.07, 6.45) is 1.17. The third-order valence-electron chi connectivity index (χ3n) is 1.92. The van der Waals surface area contributed by atoms with E-state index in [0.29, 0.717) is 12.8 Å². The minimum absolute atomic E-state index is 0.00329. The highest BCUT2D eigenvalue weighted by Crippen LogP contribution is 2.20. The maximum Gasteiger partial charge on any atom is 0.170 e. The van der Waals surface area contributed by atoms with Crippen LogP contribution in [0.5, 0.6) is 0 Å². The van der Waals surface area contributed by atoms with Crippen molar-refractivity contribution in [2.24, 2.45) is 0 Å². The Morgan fingerprint density at radius 2 is 1.50 bits per heavy atom. The summed E-state index contributed by atoms with van der Waals surface area (Å²) in [5, 5.41) is 0. The van der Waals surface area contributed by atoms with Crippen LogP contribution in [0.3, 0.4) is 0 Å². The lowest BCUT2D eigenvalue weighted by molar-refractivity contribution is 0.434. The molecule has 0 atom stereocenters. The summed E-state index contributed by atoms with van der Waals surface area (Å²) in [6, 6.07) is 1.34. The van der Waals surface area contributed by atoms with Crippen molar-refractivity contribution in [3.8, 4) is 0 Å². The largest absolute Gasteiger partial charge is 0.203 e. The highest BCUT2D eigenvalue weighted by molar-refractivity contribution is 5.21. The minimum Gasteiger partial charge on any atom is -0.203 e. The van der Waals surface area contributed by atoms with E-state index in [1.54, 1.807) is 0 Å². The lowest BCUT2D eigenvalue weighted by Gasteiger charge is -2.05. The summed E-state index contributed by atoms with van der Waals surface area (Å²) in [6.45, 7) is 1.82. The van der Waals surface area contributed by atoms with Crippen LogP contribution in [-0.2, 0) is 6.42 Å². The summed E-state index contributed by atoms with van der Waals surface area (Å²) in [4.78, 5) is 0. The second kappa shape index (κ2) is 4.44. The van der Waals surface area contributed by atoms with Crippen molar-refractivity contribution in [1.29, 1.82) is 0 Å². The van der Waals surface area contributed by atoms with Crippen molar-refractivity contribution in [3.63, 3.8) is 0 Å². The van der Waals surface area contributed by atoms with Gasteiger partial charge in [0.1, 0.15) is 0 Å². The Morgan fingerprint density at radius 1 is 1.00 bits per heavy atom. The van der Waals surface area contributed by atoms with Crippen molar-refractivity contribution in [3.05, 3.63) is 34.9 Å². The molecule has 0 fully saturated rings. The van der Waals surface area contributed by atoms with Crippen LogP contribution in [0.1, 0.15) is 25.3 Å². The minimum atomic E-state index is -1.46. The van der Waals surface area contributed by atoms with Crippen LogP contribution in [0.2, 0.25) is 0 Å². The van der Waals surface area contributed by atoms with Crippen LogP contribution in [0.25, 0.3) is 0 Å². The zero-order valence-corrected chi connectivity index (χ0v) is 7.63. The molecule has 4 heteroatoms. The van der Waals surface area contributed by atoms with E-state index in [1.807, 2.05) is 6.92 Å². The summed E-state index contributed by atoms with van der Waals surface area (Å²) in [5.41, 5.74) is -0.527. The van der Waals surface area contributed by atoms with Crippen LogP contribution in [-0.4, -0.2) is 0 Å². The number of hydrogen-bond acceptors (Lipinski definition) is 0. The van der Waals surface area contributed by atoms with Gasteiger partial charge >= 0.3 is 0 Å². The van der Waals surface area contributed by atoms with E-state index in [4.69, 9.17) is 0 Å². The second-order valence-electron chi connectivity index (χ2n) is 2.96. The van der Waals surface area contributed by atoms with Gasteiger partial charge in [0.05, 0.1) is 6.07 Å². The smallest absolute Gasteiger partial charge is 0.170 e. The number of hydrogen-bond donors (Lipinski definition) is 0. The molecule has 0 amide bonds. The predicted molar refractivity (Wildman–Crippen MR) is 43.7 cm³/mol. The Labute approximate surface area is 79.6 Å². The van der Waals surface area contributed by atoms with Gasteiger partial charge in [-0.1, -0.05) is 13.3 Å². The first-order valence-electron chi connectivity index (χ1n) is 4.32. The van der Waals surface area contributed by atoms with Gasteiger partial charge in [0.25, 0.3) is 0 Å². The fraction of sp³-hybridized carbons (Fsp3) is 0.400. The van der Waals surface area contributed by atoms with Crippen molar-refractivity contribution in [2.75, 3.05) is 0 Å². The monoisotopic (exact) mass is 205 g/mol. The average Bonchev–Trinajstić information content (AvgIpc) is 2.15. The number of halogens is 4. The Kier molecular flexibility index (Phi) is 3.49. The predicted octanol–water partition coefficient (Wildman–Crippen LogP) is 3.39. The molecule has 0 nitrogen and oxygen atoms in total. The van der Waals surface area contributed by atoms with Gasteiger partial charge in [-0.15, -0.1) is 0 Å². The molecule has 14 heavy (non-hydrogen) atoms. The lowest BCUT2D eigenvalue weighted by atomic mass is 10.1. The molecular weight excluding hydrogens is 196 g/mol. The molecule has 1 aromatic rings. The first-order valence-corrected chi connectivity index (χ1v) is 4.32. The summed E-state index contributed by atoms with van der Waals surface area (Å²) in [5.74, 6) is -5.60. The van der Waals surface area contributed by atoms with Gasteiger partial charge in [-0.2, -0.15) is 0 Å². The van der Waals surface area contributed by atoms with E-state index in [-0.39, 0.29) is 6.42 Å². The van der Waals surface area contributed by atoms with E-state index >= 15 is 0 Å². The third-order valence-corrected chi connectivity index (χ3v) is 1.92. The Bertz CT molecular complexity index is 307. The number of rotatable bonds is 3. The van der Waals surface area contributed by atoms with E-state index < -0.39 is 28.8 Å². The molecule has 77 valence electrons.